The lowest BCUT2D eigenvalue weighted by atomic mass is 10.1. The Kier molecular flexibility index (Phi) is 5.82. The molecule has 0 aliphatic heterocycles. The molecule has 0 radical (unpaired) electrons. The highest BCUT2D eigenvalue weighted by Crippen LogP contribution is 2.16. The first-order chi connectivity index (χ1) is 10.3. The van der Waals surface area contributed by atoms with Crippen LogP contribution in [0.2, 0.25) is 5.02 Å². The van der Waals surface area contributed by atoms with Crippen molar-refractivity contribution in [2.24, 2.45) is 0 Å². The molecule has 1 nitrogen and oxygen atoms in total. The summed E-state index contributed by atoms with van der Waals surface area (Å²) < 4.78 is 0. The van der Waals surface area contributed by atoms with Crippen molar-refractivity contribution in [3.63, 3.8) is 0 Å². The fourth-order valence-electron chi connectivity index (χ4n) is 1.76. The molecule has 0 aliphatic carbocycles. The number of ketones is 1. The third-order valence-electron chi connectivity index (χ3n) is 2.86. The molecule has 0 aliphatic rings. The van der Waals surface area contributed by atoms with Gasteiger partial charge in [-0.1, -0.05) is 66.1 Å². The van der Waals surface area contributed by atoms with Crippen LogP contribution in [-0.2, 0) is 4.79 Å². The van der Waals surface area contributed by atoms with Crippen LogP contribution in [0.25, 0.3) is 6.08 Å². The minimum Gasteiger partial charge on any atom is -0.285 e. The molecular weight excluding hydrogens is 280 g/mol. The van der Waals surface area contributed by atoms with E-state index >= 15 is 0 Å². The summed E-state index contributed by atoms with van der Waals surface area (Å²) in [6, 6.07) is 17.1. The first kappa shape index (κ1) is 15.1. The molecule has 0 heterocycles. The van der Waals surface area contributed by atoms with E-state index in [1.807, 2.05) is 66.7 Å². The number of Topliss-reactive ketones (excluding diaryl/α,β-unsaturated/α-hetero) is 1. The average Bonchev–Trinajstić information content (AvgIpc) is 2.52. The molecule has 0 aromatic heterocycles. The van der Waals surface area contributed by atoms with Gasteiger partial charge in [-0.3, -0.25) is 4.79 Å². The van der Waals surface area contributed by atoms with Crippen LogP contribution in [0.1, 0.15) is 24.0 Å². The lowest BCUT2D eigenvalue weighted by Crippen LogP contribution is -1.91. The third-order valence-corrected chi connectivity index (χ3v) is 3.20. The minimum atomic E-state index is -0.0531. The van der Waals surface area contributed by atoms with Crippen molar-refractivity contribution in [1.29, 1.82) is 0 Å². The minimum absolute atomic E-state index is 0.0531. The Labute approximate surface area is 130 Å². The summed E-state index contributed by atoms with van der Waals surface area (Å²) in [5.41, 5.74) is 1.82. The smallest absolute Gasteiger partial charge is 0.206 e. The Hall–Kier alpha value is -2.30. The number of rotatable bonds is 4. The molecule has 2 aromatic carbocycles. The summed E-state index contributed by atoms with van der Waals surface area (Å²) in [6.07, 6.45) is 4.96. The highest BCUT2D eigenvalue weighted by atomic mass is 35.5. The van der Waals surface area contributed by atoms with Crippen LogP contribution >= 0.6 is 11.6 Å². The van der Waals surface area contributed by atoms with Crippen molar-refractivity contribution in [2.45, 2.75) is 12.8 Å². The quantitative estimate of drug-likeness (QED) is 0.743. The molecule has 0 bridgehead atoms. The van der Waals surface area contributed by atoms with Crippen LogP contribution in [0.4, 0.5) is 0 Å². The van der Waals surface area contributed by atoms with E-state index in [2.05, 4.69) is 11.8 Å². The van der Waals surface area contributed by atoms with Crippen LogP contribution in [0.15, 0.2) is 60.7 Å². The SMILES string of the molecule is O=C(C#Cc1ccccc1)CCC=Cc1ccccc1Cl. The number of carbonyl (C=O) groups excluding carboxylic acids is 1. The molecule has 0 atom stereocenters. The Balaban J connectivity index is 1.83. The zero-order valence-electron chi connectivity index (χ0n) is 11.6. The molecule has 2 heteroatoms. The molecule has 0 unspecified atom stereocenters. The van der Waals surface area contributed by atoms with Crippen molar-refractivity contribution in [3.05, 3.63) is 76.8 Å². The number of carbonyl (C=O) groups is 1. The van der Waals surface area contributed by atoms with E-state index in [0.717, 1.165) is 11.1 Å². The van der Waals surface area contributed by atoms with Gasteiger partial charge in [0.05, 0.1) is 0 Å². The van der Waals surface area contributed by atoms with Gasteiger partial charge >= 0.3 is 0 Å². The normalized spacial score (nSPS) is 10.1. The second-order valence-electron chi connectivity index (χ2n) is 4.50. The van der Waals surface area contributed by atoms with Crippen molar-refractivity contribution in [1.82, 2.24) is 0 Å². The van der Waals surface area contributed by atoms with Gasteiger partial charge in [-0.2, -0.15) is 0 Å². The van der Waals surface area contributed by atoms with Crippen molar-refractivity contribution >= 4 is 23.5 Å². The number of allylic oxidation sites excluding steroid dienone is 1. The number of hydrogen-bond acceptors (Lipinski definition) is 1. The lowest BCUT2D eigenvalue weighted by Gasteiger charge is -1.95. The van der Waals surface area contributed by atoms with Crippen molar-refractivity contribution in [3.8, 4) is 11.8 Å². The summed E-state index contributed by atoms with van der Waals surface area (Å²) in [5, 5.41) is 0.712. The van der Waals surface area contributed by atoms with Gasteiger partial charge in [-0.25, -0.2) is 0 Å². The summed E-state index contributed by atoms with van der Waals surface area (Å²) in [5.74, 6) is 5.47. The molecule has 0 spiro atoms. The van der Waals surface area contributed by atoms with Crippen LogP contribution in [-0.4, -0.2) is 5.78 Å². The molecule has 2 aromatic rings. The van der Waals surface area contributed by atoms with Gasteiger partial charge in [-0.05, 0) is 36.1 Å². The summed E-state index contributed by atoms with van der Waals surface area (Å²) in [6.45, 7) is 0. The standard InChI is InChI=1S/C19H15ClO/c20-19-13-7-5-11-17(19)10-4-6-12-18(21)15-14-16-8-2-1-3-9-16/h1-5,7-11,13H,6,12H2. The van der Waals surface area contributed by atoms with Crippen molar-refractivity contribution in [2.75, 3.05) is 0 Å². The summed E-state index contributed by atoms with van der Waals surface area (Å²) in [7, 11) is 0. The van der Waals surface area contributed by atoms with Gasteiger partial charge in [0.25, 0.3) is 0 Å². The maximum Gasteiger partial charge on any atom is 0.206 e. The monoisotopic (exact) mass is 294 g/mol. The van der Waals surface area contributed by atoms with Crippen LogP contribution in [0.3, 0.4) is 0 Å². The fraction of sp³-hybridized carbons (Fsp3) is 0.105. The maximum absolute atomic E-state index is 11.7. The molecule has 2 rings (SSSR count). The Morgan fingerprint density at radius 1 is 1.05 bits per heavy atom. The molecule has 21 heavy (non-hydrogen) atoms. The zero-order chi connectivity index (χ0) is 14.9. The summed E-state index contributed by atoms with van der Waals surface area (Å²) in [4.78, 5) is 11.7. The lowest BCUT2D eigenvalue weighted by molar-refractivity contribution is -0.113. The van der Waals surface area contributed by atoms with Crippen LogP contribution in [0.5, 0.6) is 0 Å². The fourth-order valence-corrected chi connectivity index (χ4v) is 1.96. The van der Waals surface area contributed by atoms with E-state index in [0.29, 0.717) is 17.9 Å². The van der Waals surface area contributed by atoms with E-state index in [-0.39, 0.29) is 5.78 Å². The molecule has 104 valence electrons. The van der Waals surface area contributed by atoms with Gasteiger partial charge in [-0.15, -0.1) is 0 Å². The molecule has 0 saturated heterocycles. The maximum atomic E-state index is 11.7. The molecule has 0 amide bonds. The van der Waals surface area contributed by atoms with E-state index in [1.165, 1.54) is 0 Å². The topological polar surface area (TPSA) is 17.1 Å². The Morgan fingerprint density at radius 3 is 2.52 bits per heavy atom. The highest BCUT2D eigenvalue weighted by molar-refractivity contribution is 6.32. The Morgan fingerprint density at radius 2 is 1.76 bits per heavy atom. The number of benzene rings is 2. The molecular formula is C19H15ClO. The number of halogens is 1. The van der Waals surface area contributed by atoms with Gasteiger partial charge in [0.1, 0.15) is 0 Å². The molecule has 0 N–H and O–H groups in total. The third kappa shape index (κ3) is 5.30. The second-order valence-corrected chi connectivity index (χ2v) is 4.91. The van der Waals surface area contributed by atoms with Gasteiger partial charge in [0.15, 0.2) is 0 Å². The zero-order valence-corrected chi connectivity index (χ0v) is 12.3. The van der Waals surface area contributed by atoms with Crippen molar-refractivity contribution < 1.29 is 4.79 Å². The van der Waals surface area contributed by atoms with E-state index in [1.54, 1.807) is 0 Å². The highest BCUT2D eigenvalue weighted by Gasteiger charge is 1.96. The Bertz CT molecular complexity index is 690. The average molecular weight is 295 g/mol. The molecule has 0 saturated carbocycles. The van der Waals surface area contributed by atoms with Crippen LogP contribution < -0.4 is 0 Å². The predicted octanol–water partition coefficient (Wildman–Crippen LogP) is 4.75. The molecule has 0 fully saturated rings. The van der Waals surface area contributed by atoms with E-state index in [4.69, 9.17) is 11.6 Å². The van der Waals surface area contributed by atoms with Gasteiger partial charge in [0.2, 0.25) is 5.78 Å². The number of hydrogen-bond donors (Lipinski definition) is 0. The van der Waals surface area contributed by atoms with Gasteiger partial charge < -0.3 is 0 Å². The second kappa shape index (κ2) is 8.09. The first-order valence-electron chi connectivity index (χ1n) is 6.76. The van der Waals surface area contributed by atoms with E-state index < -0.39 is 0 Å². The van der Waals surface area contributed by atoms with E-state index in [9.17, 15) is 4.79 Å². The predicted molar refractivity (Wildman–Crippen MR) is 88.0 cm³/mol. The largest absolute Gasteiger partial charge is 0.285 e. The van der Waals surface area contributed by atoms with Gasteiger partial charge in [0, 0.05) is 17.0 Å². The van der Waals surface area contributed by atoms with Crippen LogP contribution in [0, 0.1) is 11.8 Å². The first-order valence-corrected chi connectivity index (χ1v) is 7.14. The summed E-state index contributed by atoms with van der Waals surface area (Å²) >= 11 is 6.04.